The van der Waals surface area contributed by atoms with Crippen LogP contribution < -0.4 is 4.90 Å². The second kappa shape index (κ2) is 6.68. The number of hydrogen-bond donors (Lipinski definition) is 0. The van der Waals surface area contributed by atoms with Gasteiger partial charge in [0.1, 0.15) is 11.9 Å². The van der Waals surface area contributed by atoms with Crippen molar-refractivity contribution >= 4 is 21.9 Å². The van der Waals surface area contributed by atoms with Crippen LogP contribution in [0.3, 0.4) is 0 Å². The highest BCUT2D eigenvalue weighted by Crippen LogP contribution is 2.24. The van der Waals surface area contributed by atoms with E-state index in [1.807, 2.05) is 19.1 Å². The van der Waals surface area contributed by atoms with Gasteiger partial charge in [0.15, 0.2) is 0 Å². The van der Waals surface area contributed by atoms with Crippen LogP contribution in [-0.4, -0.2) is 55.8 Å². The van der Waals surface area contributed by atoms with Gasteiger partial charge in [-0.15, -0.1) is 0 Å². The van der Waals surface area contributed by atoms with Gasteiger partial charge in [-0.3, -0.25) is 4.90 Å². The van der Waals surface area contributed by atoms with E-state index in [9.17, 15) is 13.2 Å². The number of rotatable bonds is 4. The Bertz CT molecular complexity index is 697. The summed E-state index contributed by atoms with van der Waals surface area (Å²) in [6.07, 6.45) is 5.21. The van der Waals surface area contributed by atoms with E-state index >= 15 is 0 Å². The zero-order chi connectivity index (χ0) is 17.3. The Labute approximate surface area is 142 Å². The van der Waals surface area contributed by atoms with E-state index in [0.29, 0.717) is 31.4 Å². The Kier molecular flexibility index (Phi) is 4.78. The van der Waals surface area contributed by atoms with E-state index in [-0.39, 0.29) is 12.2 Å². The summed E-state index contributed by atoms with van der Waals surface area (Å²) >= 11 is 0. The first kappa shape index (κ1) is 17.2. The smallest absolute Gasteiger partial charge is 0.415 e. The molecule has 0 spiro atoms. The molecule has 0 radical (unpaired) electrons. The van der Waals surface area contributed by atoms with Crippen LogP contribution in [0.25, 0.3) is 0 Å². The lowest BCUT2D eigenvalue weighted by atomic mass is 9.91. The lowest BCUT2D eigenvalue weighted by Gasteiger charge is -2.30. The van der Waals surface area contributed by atoms with Crippen molar-refractivity contribution in [2.24, 2.45) is 5.92 Å². The summed E-state index contributed by atoms with van der Waals surface area (Å²) < 4.78 is 29.7. The van der Waals surface area contributed by atoms with Crippen LogP contribution in [-0.2, 0) is 21.2 Å². The van der Waals surface area contributed by atoms with Gasteiger partial charge in [0, 0.05) is 19.3 Å². The Morgan fingerprint density at radius 3 is 2.50 bits per heavy atom. The van der Waals surface area contributed by atoms with E-state index in [1.54, 1.807) is 15.4 Å². The molecule has 0 aliphatic carbocycles. The summed E-state index contributed by atoms with van der Waals surface area (Å²) in [5.41, 5.74) is 1.11. The molecule has 24 heavy (non-hydrogen) atoms. The molecule has 8 heteroatoms. The van der Waals surface area contributed by atoms with E-state index in [2.05, 4.69) is 4.98 Å². The number of carbonyl (C=O) groups is 1. The van der Waals surface area contributed by atoms with Crippen LogP contribution in [0.5, 0.6) is 0 Å². The maximum Gasteiger partial charge on any atom is 0.415 e. The Balaban J connectivity index is 1.57. The number of piperidine rings is 1. The average Bonchev–Trinajstić information content (AvgIpc) is 2.86. The fraction of sp³-hybridized carbons (Fsp3) is 0.625. The molecule has 2 aliphatic heterocycles. The molecular formula is C16H23N3O4S. The standard InChI is InChI=1S/C16H23N3O4S/c1-12-11-19(16(20)23-12)15-4-3-14(10-17-15)9-13-5-7-18(8-6-13)24(2,21)22/h3-4,10,12-13H,5-9,11H2,1-2H3/t12-/m0/s1. The van der Waals surface area contributed by atoms with E-state index in [4.69, 9.17) is 4.74 Å². The Morgan fingerprint density at radius 1 is 1.29 bits per heavy atom. The predicted octanol–water partition coefficient (Wildman–Crippen LogP) is 1.64. The van der Waals surface area contributed by atoms with Crippen molar-refractivity contribution in [1.29, 1.82) is 0 Å². The average molecular weight is 353 g/mol. The minimum absolute atomic E-state index is 0.112. The largest absolute Gasteiger partial charge is 0.444 e. The van der Waals surface area contributed by atoms with Gasteiger partial charge in [-0.2, -0.15) is 0 Å². The molecule has 2 saturated heterocycles. The minimum Gasteiger partial charge on any atom is -0.444 e. The normalized spacial score (nSPS) is 23.5. The highest BCUT2D eigenvalue weighted by atomic mass is 32.2. The third-order valence-electron chi connectivity index (χ3n) is 4.61. The molecular weight excluding hydrogens is 330 g/mol. The summed E-state index contributed by atoms with van der Waals surface area (Å²) in [6.45, 7) is 3.56. The van der Waals surface area contributed by atoms with Crippen LogP contribution in [0, 0.1) is 5.92 Å². The van der Waals surface area contributed by atoms with Gasteiger partial charge in [0.25, 0.3) is 0 Å². The van der Waals surface area contributed by atoms with Gasteiger partial charge >= 0.3 is 6.09 Å². The molecule has 0 N–H and O–H groups in total. The first-order valence-electron chi connectivity index (χ1n) is 8.21. The minimum atomic E-state index is -3.08. The maximum atomic E-state index is 11.7. The van der Waals surface area contributed by atoms with Crippen LogP contribution in [0.2, 0.25) is 0 Å². The summed E-state index contributed by atoms with van der Waals surface area (Å²) in [6, 6.07) is 3.84. The van der Waals surface area contributed by atoms with Gasteiger partial charge in [0.05, 0.1) is 12.8 Å². The van der Waals surface area contributed by atoms with E-state index in [0.717, 1.165) is 24.8 Å². The number of nitrogens with zero attached hydrogens (tertiary/aromatic N) is 3. The number of hydrogen-bond acceptors (Lipinski definition) is 5. The fourth-order valence-electron chi connectivity index (χ4n) is 3.27. The zero-order valence-electron chi connectivity index (χ0n) is 14.0. The van der Waals surface area contributed by atoms with Gasteiger partial charge in [-0.05, 0) is 43.7 Å². The molecule has 0 aromatic carbocycles. The molecule has 2 fully saturated rings. The molecule has 2 aliphatic rings. The molecule has 1 atom stereocenters. The number of amides is 1. The summed E-state index contributed by atoms with van der Waals surface area (Å²) in [5.74, 6) is 1.08. The molecule has 7 nitrogen and oxygen atoms in total. The molecule has 0 bridgehead atoms. The van der Waals surface area contributed by atoms with Crippen LogP contribution >= 0.6 is 0 Å². The fourth-order valence-corrected chi connectivity index (χ4v) is 4.14. The number of pyridine rings is 1. The van der Waals surface area contributed by atoms with Crippen LogP contribution in [0.1, 0.15) is 25.3 Å². The third kappa shape index (κ3) is 3.87. The van der Waals surface area contributed by atoms with Crippen molar-refractivity contribution in [3.8, 4) is 0 Å². The predicted molar refractivity (Wildman–Crippen MR) is 90.4 cm³/mol. The van der Waals surface area contributed by atoms with E-state index in [1.165, 1.54) is 6.26 Å². The van der Waals surface area contributed by atoms with Crippen molar-refractivity contribution in [3.05, 3.63) is 23.9 Å². The number of ether oxygens (including phenoxy) is 1. The number of cyclic esters (lactones) is 1. The van der Waals surface area contributed by atoms with Crippen molar-refractivity contribution < 1.29 is 17.9 Å². The molecule has 3 heterocycles. The van der Waals surface area contributed by atoms with Gasteiger partial charge < -0.3 is 4.74 Å². The Morgan fingerprint density at radius 2 is 2.00 bits per heavy atom. The number of carbonyl (C=O) groups excluding carboxylic acids is 1. The molecule has 3 rings (SSSR count). The van der Waals surface area contributed by atoms with Gasteiger partial charge in [-0.25, -0.2) is 22.5 Å². The van der Waals surface area contributed by atoms with Crippen LogP contribution in [0.4, 0.5) is 10.6 Å². The SMILES string of the molecule is C[C@H]1CN(c2ccc(CC3CCN(S(C)(=O)=O)CC3)cn2)C(=O)O1. The molecule has 0 saturated carbocycles. The zero-order valence-corrected chi connectivity index (χ0v) is 14.8. The van der Waals surface area contributed by atoms with E-state index < -0.39 is 10.0 Å². The highest BCUT2D eigenvalue weighted by molar-refractivity contribution is 7.88. The topological polar surface area (TPSA) is 79.8 Å². The first-order valence-corrected chi connectivity index (χ1v) is 10.1. The highest BCUT2D eigenvalue weighted by Gasteiger charge is 2.30. The molecule has 0 unspecified atom stereocenters. The molecule has 132 valence electrons. The van der Waals surface area contributed by atoms with Crippen molar-refractivity contribution in [3.63, 3.8) is 0 Å². The van der Waals surface area contributed by atoms with Gasteiger partial charge in [0.2, 0.25) is 10.0 Å². The summed E-state index contributed by atoms with van der Waals surface area (Å²) in [4.78, 5) is 17.6. The second-order valence-electron chi connectivity index (χ2n) is 6.64. The first-order chi connectivity index (χ1) is 11.3. The van der Waals surface area contributed by atoms with Gasteiger partial charge in [-0.1, -0.05) is 6.07 Å². The second-order valence-corrected chi connectivity index (χ2v) is 8.62. The van der Waals surface area contributed by atoms with Crippen molar-refractivity contribution in [1.82, 2.24) is 9.29 Å². The van der Waals surface area contributed by atoms with Crippen molar-refractivity contribution in [2.45, 2.75) is 32.3 Å². The maximum absolute atomic E-state index is 11.7. The number of aromatic nitrogens is 1. The monoisotopic (exact) mass is 353 g/mol. The number of sulfonamides is 1. The summed E-state index contributed by atoms with van der Waals surface area (Å²) in [5, 5.41) is 0. The Hall–Kier alpha value is -1.67. The summed E-state index contributed by atoms with van der Waals surface area (Å²) in [7, 11) is -3.08. The molecule has 1 aromatic rings. The lowest BCUT2D eigenvalue weighted by molar-refractivity contribution is 0.150. The lowest BCUT2D eigenvalue weighted by Crippen LogP contribution is -2.38. The third-order valence-corrected chi connectivity index (χ3v) is 5.92. The van der Waals surface area contributed by atoms with Crippen LogP contribution in [0.15, 0.2) is 18.3 Å². The van der Waals surface area contributed by atoms with Crippen molar-refractivity contribution in [2.75, 3.05) is 30.8 Å². The molecule has 1 aromatic heterocycles. The number of anilines is 1. The molecule has 1 amide bonds. The quantitative estimate of drug-likeness (QED) is 0.822.